The van der Waals surface area contributed by atoms with Crippen LogP contribution in [0.25, 0.3) is 0 Å². The zero-order valence-electron chi connectivity index (χ0n) is 11.8. The van der Waals surface area contributed by atoms with Crippen LogP contribution in [0, 0.1) is 12.3 Å². The molecule has 0 saturated heterocycles. The lowest BCUT2D eigenvalue weighted by atomic mass is 9.75. The first-order valence-corrected chi connectivity index (χ1v) is 8.75. The molecule has 1 aromatic carbocycles. The van der Waals surface area contributed by atoms with Crippen LogP contribution in [0.1, 0.15) is 44.6 Å². The minimum Gasteiger partial charge on any atom is -0.298 e. The molecular weight excluding hydrogens is 380 g/mol. The lowest BCUT2D eigenvalue weighted by molar-refractivity contribution is -0.121. The normalized spacial score (nSPS) is 13.5. The second-order valence-electron chi connectivity index (χ2n) is 5.16. The fourth-order valence-electron chi connectivity index (χ4n) is 2.31. The van der Waals surface area contributed by atoms with Crippen molar-refractivity contribution in [3.8, 4) is 12.3 Å². The maximum Gasteiger partial charge on any atom is 0.153 e. The Balaban J connectivity index is 2.82. The minimum atomic E-state index is -0.427. The van der Waals surface area contributed by atoms with Crippen molar-refractivity contribution in [2.45, 2.75) is 44.4 Å². The van der Waals surface area contributed by atoms with Crippen molar-refractivity contribution in [1.82, 2.24) is 0 Å². The molecule has 0 amide bonds. The van der Waals surface area contributed by atoms with E-state index in [-0.39, 0.29) is 5.78 Å². The van der Waals surface area contributed by atoms with Gasteiger partial charge in [0.25, 0.3) is 0 Å². The van der Waals surface area contributed by atoms with Crippen LogP contribution in [0.2, 0.25) is 0 Å². The van der Waals surface area contributed by atoms with Crippen molar-refractivity contribution in [2.24, 2.45) is 0 Å². The Morgan fingerprint density at radius 3 is 2.70 bits per heavy atom. The van der Waals surface area contributed by atoms with Crippen molar-refractivity contribution < 1.29 is 4.79 Å². The Bertz CT molecular complexity index is 490. The summed E-state index contributed by atoms with van der Waals surface area (Å²) in [7, 11) is 0. The van der Waals surface area contributed by atoms with Gasteiger partial charge < -0.3 is 0 Å². The second-order valence-corrected chi connectivity index (χ2v) is 6.64. The van der Waals surface area contributed by atoms with Gasteiger partial charge in [0.2, 0.25) is 0 Å². The first-order valence-electron chi connectivity index (χ1n) is 6.83. The first-order chi connectivity index (χ1) is 9.54. The van der Waals surface area contributed by atoms with Gasteiger partial charge in [-0.1, -0.05) is 56.8 Å². The van der Waals surface area contributed by atoms with Gasteiger partial charge in [-0.3, -0.25) is 4.79 Å². The molecule has 0 aliphatic heterocycles. The molecular formula is C17H20Br2O. The van der Waals surface area contributed by atoms with Gasteiger partial charge in [-0.2, -0.15) is 0 Å². The van der Waals surface area contributed by atoms with Crippen molar-refractivity contribution in [3.63, 3.8) is 0 Å². The smallest absolute Gasteiger partial charge is 0.153 e. The van der Waals surface area contributed by atoms with E-state index in [1.807, 2.05) is 31.2 Å². The minimum absolute atomic E-state index is 0.229. The summed E-state index contributed by atoms with van der Waals surface area (Å²) in [6, 6.07) is 8.04. The van der Waals surface area contributed by atoms with Gasteiger partial charge in [0.1, 0.15) is 0 Å². The van der Waals surface area contributed by atoms with Gasteiger partial charge in [0, 0.05) is 10.9 Å². The Kier molecular flexibility index (Phi) is 7.55. The lowest BCUT2D eigenvalue weighted by Crippen LogP contribution is -2.33. The number of hydrogen-bond acceptors (Lipinski definition) is 1. The Morgan fingerprint density at radius 1 is 1.35 bits per heavy atom. The quantitative estimate of drug-likeness (QED) is 0.331. The van der Waals surface area contributed by atoms with Crippen LogP contribution >= 0.6 is 31.9 Å². The molecule has 0 aliphatic carbocycles. The van der Waals surface area contributed by atoms with Gasteiger partial charge in [0.15, 0.2) is 5.78 Å². The summed E-state index contributed by atoms with van der Waals surface area (Å²) >= 11 is 6.80. The third-order valence-corrected chi connectivity index (χ3v) is 4.70. The molecule has 1 rings (SSSR count). The van der Waals surface area contributed by atoms with Gasteiger partial charge in [-0.25, -0.2) is 0 Å². The number of halogens is 2. The number of hydrogen-bond donors (Lipinski definition) is 0. The molecule has 1 aromatic rings. The van der Waals surface area contributed by atoms with E-state index in [2.05, 4.69) is 37.8 Å². The summed E-state index contributed by atoms with van der Waals surface area (Å²) < 4.78 is 1.01. The molecule has 0 fully saturated rings. The third-order valence-electron chi connectivity index (χ3n) is 3.70. The Morgan fingerprint density at radius 2 is 2.10 bits per heavy atom. The zero-order valence-corrected chi connectivity index (χ0v) is 15.0. The van der Waals surface area contributed by atoms with E-state index in [4.69, 9.17) is 6.42 Å². The number of ketones is 1. The van der Waals surface area contributed by atoms with Crippen LogP contribution in [0.4, 0.5) is 0 Å². The molecule has 0 spiro atoms. The summed E-state index contributed by atoms with van der Waals surface area (Å²) in [6.07, 6.45) is 10.1. The van der Waals surface area contributed by atoms with E-state index in [0.717, 1.165) is 42.1 Å². The van der Waals surface area contributed by atoms with Crippen molar-refractivity contribution in [1.29, 1.82) is 0 Å². The first kappa shape index (κ1) is 17.5. The molecule has 1 nitrogen and oxygen atoms in total. The number of unbranched alkanes of at least 4 members (excludes halogenated alkanes) is 3. The summed E-state index contributed by atoms with van der Waals surface area (Å²) in [5, 5.41) is 0.389. The highest BCUT2D eigenvalue weighted by Gasteiger charge is 2.33. The summed E-state index contributed by atoms with van der Waals surface area (Å²) in [6.45, 7) is 2.04. The van der Waals surface area contributed by atoms with E-state index in [0.29, 0.717) is 5.33 Å². The number of rotatable bonds is 8. The number of carbonyl (C=O) groups is 1. The van der Waals surface area contributed by atoms with E-state index >= 15 is 0 Å². The molecule has 20 heavy (non-hydrogen) atoms. The van der Waals surface area contributed by atoms with E-state index in [1.54, 1.807) is 0 Å². The van der Waals surface area contributed by atoms with Crippen LogP contribution in [0.5, 0.6) is 0 Å². The maximum atomic E-state index is 12.4. The molecule has 3 heteroatoms. The molecule has 0 saturated carbocycles. The van der Waals surface area contributed by atoms with Crippen molar-refractivity contribution in [2.75, 3.05) is 5.33 Å². The van der Waals surface area contributed by atoms with Crippen LogP contribution < -0.4 is 0 Å². The second kappa shape index (κ2) is 8.64. The van der Waals surface area contributed by atoms with Gasteiger partial charge in [0.05, 0.1) is 10.7 Å². The van der Waals surface area contributed by atoms with Gasteiger partial charge >= 0.3 is 0 Å². The average Bonchev–Trinajstić information content (AvgIpc) is 2.46. The summed E-state index contributed by atoms with van der Waals surface area (Å²) in [5.41, 5.74) is 0.650. The lowest BCUT2D eigenvalue weighted by Gasteiger charge is -2.28. The molecule has 0 aromatic heterocycles. The van der Waals surface area contributed by atoms with Crippen molar-refractivity contribution >= 4 is 37.6 Å². The zero-order chi connectivity index (χ0) is 15.0. The summed E-state index contributed by atoms with van der Waals surface area (Å²) in [4.78, 5) is 12.4. The highest BCUT2D eigenvalue weighted by Crippen LogP contribution is 2.33. The monoisotopic (exact) mass is 398 g/mol. The topological polar surface area (TPSA) is 17.1 Å². The fraction of sp³-hybridized carbons (Fsp3) is 0.471. The highest BCUT2D eigenvalue weighted by molar-refractivity contribution is 9.10. The van der Waals surface area contributed by atoms with Crippen LogP contribution in [-0.2, 0) is 10.2 Å². The fourth-order valence-corrected chi connectivity index (χ4v) is 3.32. The van der Waals surface area contributed by atoms with Gasteiger partial charge in [-0.15, -0.1) is 12.3 Å². The average molecular weight is 400 g/mol. The number of benzene rings is 1. The van der Waals surface area contributed by atoms with E-state index in [1.165, 1.54) is 0 Å². The molecule has 108 valence electrons. The van der Waals surface area contributed by atoms with Gasteiger partial charge in [-0.05, 0) is 37.5 Å². The third kappa shape index (κ3) is 4.75. The predicted molar refractivity (Wildman–Crippen MR) is 92.2 cm³/mol. The predicted octanol–water partition coefficient (Wildman–Crippen LogP) is 5.25. The Hall–Kier alpha value is -0.590. The molecule has 1 unspecified atom stereocenters. The van der Waals surface area contributed by atoms with E-state index in [9.17, 15) is 4.79 Å². The molecule has 0 radical (unpaired) electrons. The molecule has 0 heterocycles. The van der Waals surface area contributed by atoms with E-state index < -0.39 is 5.41 Å². The standard InChI is InChI=1S/C17H20Br2O/c1-3-4-5-6-7-11-17(2,16(20)13-18)14-9-8-10-15(19)12-14/h1,8-10,12H,4-7,11,13H2,2H3. The summed E-state index contributed by atoms with van der Waals surface area (Å²) in [5.74, 6) is 2.89. The highest BCUT2D eigenvalue weighted by atomic mass is 79.9. The number of alkyl halides is 1. The molecule has 1 atom stereocenters. The molecule has 0 aliphatic rings. The SMILES string of the molecule is C#CCCCCCC(C)(C(=O)CBr)c1cccc(Br)c1. The number of Topliss-reactive ketones (excluding diaryl/α,β-unsaturated/α-hetero) is 1. The maximum absolute atomic E-state index is 12.4. The Labute approximate surface area is 138 Å². The van der Waals surface area contributed by atoms with Crippen LogP contribution in [-0.4, -0.2) is 11.1 Å². The van der Waals surface area contributed by atoms with Crippen LogP contribution in [0.15, 0.2) is 28.7 Å². The number of terminal acetylenes is 1. The molecule has 0 bridgehead atoms. The largest absolute Gasteiger partial charge is 0.298 e. The van der Waals surface area contributed by atoms with Crippen molar-refractivity contribution in [3.05, 3.63) is 34.3 Å². The molecule has 0 N–H and O–H groups in total. The van der Waals surface area contributed by atoms with Crippen LogP contribution in [0.3, 0.4) is 0 Å². The number of carbonyl (C=O) groups excluding carboxylic acids is 1.